The van der Waals surface area contributed by atoms with Crippen molar-refractivity contribution in [1.29, 1.82) is 0 Å². The number of likely N-dealkylation sites (tertiary alicyclic amines) is 1. The molecule has 1 aliphatic heterocycles. The Kier molecular flexibility index (Phi) is 3.86. The molecule has 1 nitrogen and oxygen atoms in total. The Labute approximate surface area is 128 Å². The van der Waals surface area contributed by atoms with Crippen molar-refractivity contribution >= 4 is 0 Å². The molecule has 110 valence electrons. The van der Waals surface area contributed by atoms with Crippen LogP contribution in [0.1, 0.15) is 31.4 Å². The van der Waals surface area contributed by atoms with E-state index in [0.717, 1.165) is 6.54 Å². The molecule has 0 atom stereocenters. The van der Waals surface area contributed by atoms with E-state index >= 15 is 0 Å². The largest absolute Gasteiger partial charge is 0.299 e. The summed E-state index contributed by atoms with van der Waals surface area (Å²) in [6.07, 6.45) is 1.31. The maximum Gasteiger partial charge on any atom is 0.0240 e. The van der Waals surface area contributed by atoms with E-state index in [1.807, 2.05) is 0 Å². The Hall–Kier alpha value is -1.60. The van der Waals surface area contributed by atoms with Crippen LogP contribution in [0.5, 0.6) is 0 Å². The van der Waals surface area contributed by atoms with Gasteiger partial charge in [0.05, 0.1) is 0 Å². The Morgan fingerprint density at radius 3 is 2.48 bits per heavy atom. The van der Waals surface area contributed by atoms with E-state index in [9.17, 15) is 0 Å². The molecule has 0 aromatic heterocycles. The number of hydrogen-bond donors (Lipinski definition) is 0. The van der Waals surface area contributed by atoms with Crippen molar-refractivity contribution < 1.29 is 0 Å². The van der Waals surface area contributed by atoms with Gasteiger partial charge in [0, 0.05) is 13.1 Å². The lowest BCUT2D eigenvalue weighted by Gasteiger charge is -2.21. The molecule has 1 fully saturated rings. The van der Waals surface area contributed by atoms with Gasteiger partial charge in [0.15, 0.2) is 0 Å². The second-order valence-electron chi connectivity index (χ2n) is 7.15. The van der Waals surface area contributed by atoms with Crippen molar-refractivity contribution in [2.75, 3.05) is 13.1 Å². The van der Waals surface area contributed by atoms with Gasteiger partial charge in [-0.25, -0.2) is 0 Å². The summed E-state index contributed by atoms with van der Waals surface area (Å²) < 4.78 is 0. The summed E-state index contributed by atoms with van der Waals surface area (Å²) in [7, 11) is 0. The van der Waals surface area contributed by atoms with Crippen molar-refractivity contribution in [2.24, 2.45) is 5.41 Å². The molecule has 0 N–H and O–H groups in total. The van der Waals surface area contributed by atoms with Gasteiger partial charge in [0.2, 0.25) is 0 Å². The van der Waals surface area contributed by atoms with Crippen molar-refractivity contribution in [2.45, 2.75) is 33.7 Å². The third-order valence-corrected chi connectivity index (χ3v) is 4.50. The molecule has 0 bridgehead atoms. The van der Waals surface area contributed by atoms with Crippen LogP contribution in [-0.4, -0.2) is 18.0 Å². The molecular weight excluding hydrogens is 254 g/mol. The van der Waals surface area contributed by atoms with Crippen LogP contribution >= 0.6 is 0 Å². The Morgan fingerprint density at radius 2 is 1.81 bits per heavy atom. The highest BCUT2D eigenvalue weighted by Gasteiger charge is 2.29. The minimum absolute atomic E-state index is 0.469. The van der Waals surface area contributed by atoms with Gasteiger partial charge in [-0.2, -0.15) is 0 Å². The minimum Gasteiger partial charge on any atom is -0.299 e. The summed E-state index contributed by atoms with van der Waals surface area (Å²) >= 11 is 0. The normalized spacial score (nSPS) is 18.0. The van der Waals surface area contributed by atoms with Crippen LogP contribution < -0.4 is 0 Å². The first-order valence-corrected chi connectivity index (χ1v) is 7.91. The highest BCUT2D eigenvalue weighted by Crippen LogP contribution is 2.32. The summed E-state index contributed by atoms with van der Waals surface area (Å²) in [6, 6.07) is 17.6. The van der Waals surface area contributed by atoms with Crippen LogP contribution in [-0.2, 0) is 6.54 Å². The van der Waals surface area contributed by atoms with Crippen molar-refractivity contribution in [3.63, 3.8) is 0 Å². The summed E-state index contributed by atoms with van der Waals surface area (Å²) in [5.41, 5.74) is 5.98. The molecule has 1 aliphatic rings. The van der Waals surface area contributed by atoms with E-state index in [2.05, 4.69) is 74.2 Å². The van der Waals surface area contributed by atoms with E-state index in [0.29, 0.717) is 5.41 Å². The van der Waals surface area contributed by atoms with Crippen LogP contribution in [0.4, 0.5) is 0 Å². The molecule has 2 aromatic carbocycles. The molecule has 1 heterocycles. The van der Waals surface area contributed by atoms with Gasteiger partial charge in [-0.1, -0.05) is 67.9 Å². The molecule has 2 aromatic rings. The number of nitrogens with zero attached hydrogens (tertiary/aromatic N) is 1. The Morgan fingerprint density at radius 1 is 1.05 bits per heavy atom. The number of benzene rings is 2. The predicted octanol–water partition coefficient (Wildman–Crippen LogP) is 4.89. The summed E-state index contributed by atoms with van der Waals surface area (Å²) in [6.45, 7) is 10.4. The number of aryl methyl sites for hydroxylation is 1. The summed E-state index contributed by atoms with van der Waals surface area (Å²) in [5.74, 6) is 0. The van der Waals surface area contributed by atoms with Crippen molar-refractivity contribution in [3.8, 4) is 11.1 Å². The Bertz CT molecular complexity index is 613. The molecule has 0 amide bonds. The SMILES string of the molecule is Cc1ccc(-c2ccccc2)c(CN2CCC(C)(C)C2)c1. The quantitative estimate of drug-likeness (QED) is 0.773. The lowest BCUT2D eigenvalue weighted by atomic mass is 9.93. The van der Waals surface area contributed by atoms with Gasteiger partial charge in [-0.05, 0) is 42.0 Å². The van der Waals surface area contributed by atoms with Gasteiger partial charge in [0.25, 0.3) is 0 Å². The Balaban J connectivity index is 1.89. The summed E-state index contributed by atoms with van der Waals surface area (Å²) in [5, 5.41) is 0. The lowest BCUT2D eigenvalue weighted by molar-refractivity contribution is 0.284. The fraction of sp³-hybridized carbons (Fsp3) is 0.400. The fourth-order valence-corrected chi connectivity index (χ4v) is 3.35. The fourth-order valence-electron chi connectivity index (χ4n) is 3.35. The highest BCUT2D eigenvalue weighted by molar-refractivity contribution is 5.67. The first-order chi connectivity index (χ1) is 10.0. The molecule has 0 spiro atoms. The first-order valence-electron chi connectivity index (χ1n) is 7.91. The van der Waals surface area contributed by atoms with E-state index in [1.165, 1.54) is 41.8 Å². The maximum atomic E-state index is 2.60. The topological polar surface area (TPSA) is 3.24 Å². The molecule has 1 heteroatoms. The van der Waals surface area contributed by atoms with Gasteiger partial charge < -0.3 is 0 Å². The van der Waals surface area contributed by atoms with E-state index in [-0.39, 0.29) is 0 Å². The van der Waals surface area contributed by atoms with Crippen LogP contribution in [0.15, 0.2) is 48.5 Å². The molecule has 0 aliphatic carbocycles. The molecule has 3 rings (SSSR count). The third-order valence-electron chi connectivity index (χ3n) is 4.50. The standard InChI is InChI=1S/C20H25N/c1-16-9-10-19(17-7-5-4-6-8-17)18(13-16)14-21-12-11-20(2,3)15-21/h4-10,13H,11-12,14-15H2,1-3H3. The van der Waals surface area contributed by atoms with Crippen LogP contribution in [0.25, 0.3) is 11.1 Å². The second-order valence-corrected chi connectivity index (χ2v) is 7.15. The van der Waals surface area contributed by atoms with Crippen molar-refractivity contribution in [1.82, 2.24) is 4.90 Å². The predicted molar refractivity (Wildman–Crippen MR) is 90.3 cm³/mol. The van der Waals surface area contributed by atoms with Gasteiger partial charge >= 0.3 is 0 Å². The van der Waals surface area contributed by atoms with Crippen LogP contribution in [0, 0.1) is 12.3 Å². The third kappa shape index (κ3) is 3.36. The monoisotopic (exact) mass is 279 g/mol. The van der Waals surface area contributed by atoms with E-state index in [1.54, 1.807) is 0 Å². The van der Waals surface area contributed by atoms with Gasteiger partial charge in [-0.3, -0.25) is 4.90 Å². The van der Waals surface area contributed by atoms with Crippen LogP contribution in [0.3, 0.4) is 0 Å². The number of rotatable bonds is 3. The zero-order valence-electron chi connectivity index (χ0n) is 13.4. The smallest absolute Gasteiger partial charge is 0.0240 e. The van der Waals surface area contributed by atoms with Gasteiger partial charge in [0.1, 0.15) is 0 Å². The summed E-state index contributed by atoms with van der Waals surface area (Å²) in [4.78, 5) is 2.60. The molecule has 0 saturated carbocycles. The lowest BCUT2D eigenvalue weighted by Crippen LogP contribution is -2.23. The number of hydrogen-bond acceptors (Lipinski definition) is 1. The molecular formula is C20H25N. The average molecular weight is 279 g/mol. The maximum absolute atomic E-state index is 2.60. The minimum atomic E-state index is 0.469. The molecule has 0 radical (unpaired) electrons. The van der Waals surface area contributed by atoms with Crippen LogP contribution in [0.2, 0.25) is 0 Å². The molecule has 21 heavy (non-hydrogen) atoms. The zero-order chi connectivity index (χ0) is 14.9. The zero-order valence-corrected chi connectivity index (χ0v) is 13.4. The van der Waals surface area contributed by atoms with Crippen molar-refractivity contribution in [3.05, 3.63) is 59.7 Å². The molecule has 0 unspecified atom stereocenters. The first kappa shape index (κ1) is 14.3. The molecule has 1 saturated heterocycles. The van der Waals surface area contributed by atoms with E-state index < -0.39 is 0 Å². The highest BCUT2D eigenvalue weighted by atomic mass is 15.1. The average Bonchev–Trinajstić information content (AvgIpc) is 2.79. The second kappa shape index (κ2) is 5.65. The van der Waals surface area contributed by atoms with E-state index in [4.69, 9.17) is 0 Å². The van der Waals surface area contributed by atoms with Gasteiger partial charge in [-0.15, -0.1) is 0 Å².